The molecule has 0 aromatic heterocycles. The van der Waals surface area contributed by atoms with Gasteiger partial charge in [-0.1, -0.05) is 0 Å². The van der Waals surface area contributed by atoms with Gasteiger partial charge in [-0.3, -0.25) is 4.79 Å². The number of halogens is 1. The maximum atomic E-state index is 11.8. The first-order valence-corrected chi connectivity index (χ1v) is 6.96. The van der Waals surface area contributed by atoms with E-state index < -0.39 is 0 Å². The van der Waals surface area contributed by atoms with Crippen LogP contribution in [0, 0.1) is 0 Å². The summed E-state index contributed by atoms with van der Waals surface area (Å²) < 4.78 is 0. The molecular weight excluding hydrogens is 218 g/mol. The van der Waals surface area contributed by atoms with Crippen LogP contribution in [0.1, 0.15) is 25.7 Å². The molecule has 0 spiro atoms. The number of carbonyl (C=O) groups excluding carboxylic acids is 1. The predicted octanol–water partition coefficient (Wildman–Crippen LogP) is 2.11. The van der Waals surface area contributed by atoms with Gasteiger partial charge in [0.05, 0.1) is 0 Å². The minimum absolute atomic E-state index is 0.273. The van der Waals surface area contributed by atoms with Crippen LogP contribution in [0.3, 0.4) is 0 Å². The Bertz CT molecular complexity index is 214. The van der Waals surface area contributed by atoms with Gasteiger partial charge in [0, 0.05) is 30.1 Å². The summed E-state index contributed by atoms with van der Waals surface area (Å²) in [7, 11) is 0. The Labute approximate surface area is 94.4 Å². The van der Waals surface area contributed by atoms with Crippen LogP contribution in [0.4, 0.5) is 0 Å². The van der Waals surface area contributed by atoms with E-state index >= 15 is 0 Å². The fraction of sp³-hybridized carbons (Fsp3) is 0.900. The summed E-state index contributed by atoms with van der Waals surface area (Å²) >= 11 is 7.58. The molecule has 1 amide bonds. The molecule has 0 radical (unpaired) electrons. The lowest BCUT2D eigenvalue weighted by molar-refractivity contribution is -0.133. The molecule has 1 heterocycles. The second kappa shape index (κ2) is 4.75. The van der Waals surface area contributed by atoms with Crippen LogP contribution in [0.25, 0.3) is 0 Å². The van der Waals surface area contributed by atoms with E-state index in [4.69, 9.17) is 11.6 Å². The zero-order chi connectivity index (χ0) is 9.97. The minimum Gasteiger partial charge on any atom is -0.336 e. The van der Waals surface area contributed by atoms with Gasteiger partial charge in [-0.25, -0.2) is 0 Å². The molecule has 0 bridgehead atoms. The van der Waals surface area contributed by atoms with E-state index in [-0.39, 0.29) is 5.91 Å². The van der Waals surface area contributed by atoms with E-state index in [1.807, 2.05) is 11.8 Å². The molecule has 0 N–H and O–H groups in total. The molecule has 2 rings (SSSR count). The zero-order valence-electron chi connectivity index (χ0n) is 8.25. The van der Waals surface area contributed by atoms with Crippen LogP contribution in [0.5, 0.6) is 0 Å². The Morgan fingerprint density at radius 1 is 1.36 bits per heavy atom. The quantitative estimate of drug-likeness (QED) is 0.694. The third-order valence-electron chi connectivity index (χ3n) is 2.84. The van der Waals surface area contributed by atoms with Gasteiger partial charge in [0.2, 0.25) is 5.91 Å². The number of hydrogen-bond donors (Lipinski definition) is 0. The summed E-state index contributed by atoms with van der Waals surface area (Å²) in [6, 6.07) is 1.05. The highest BCUT2D eigenvalue weighted by Gasteiger charge is 2.37. The summed E-state index contributed by atoms with van der Waals surface area (Å²) in [5, 5.41) is 0. The first kappa shape index (κ1) is 10.6. The molecule has 4 heteroatoms. The molecule has 1 atom stereocenters. The summed E-state index contributed by atoms with van der Waals surface area (Å²) in [6.07, 6.45) is 4.10. The predicted molar refractivity (Wildman–Crippen MR) is 60.9 cm³/mol. The Hall–Kier alpha value is 0.110. The van der Waals surface area contributed by atoms with E-state index in [1.165, 1.54) is 25.0 Å². The van der Waals surface area contributed by atoms with Gasteiger partial charge in [-0.15, -0.1) is 11.6 Å². The molecule has 0 aromatic rings. The molecule has 80 valence electrons. The Balaban J connectivity index is 1.95. The molecule has 2 fully saturated rings. The van der Waals surface area contributed by atoms with Gasteiger partial charge in [-0.05, 0) is 25.0 Å². The van der Waals surface area contributed by atoms with Gasteiger partial charge in [0.1, 0.15) is 0 Å². The van der Waals surface area contributed by atoms with Crippen LogP contribution >= 0.6 is 23.4 Å². The largest absolute Gasteiger partial charge is 0.336 e. The molecule has 2 aliphatic rings. The van der Waals surface area contributed by atoms with Crippen molar-refractivity contribution in [1.82, 2.24) is 4.90 Å². The van der Waals surface area contributed by atoms with Crippen LogP contribution in [0.2, 0.25) is 0 Å². The summed E-state index contributed by atoms with van der Waals surface area (Å²) in [5.74, 6) is 3.07. The number of thioether (sulfide) groups is 1. The van der Waals surface area contributed by atoms with E-state index in [0.29, 0.717) is 24.4 Å². The van der Waals surface area contributed by atoms with Crippen molar-refractivity contribution in [3.8, 4) is 0 Å². The highest BCUT2D eigenvalue weighted by atomic mass is 35.5. The van der Waals surface area contributed by atoms with E-state index in [2.05, 4.69) is 4.90 Å². The Kier molecular flexibility index (Phi) is 3.61. The average Bonchev–Trinajstić information content (AvgIpc) is 2.82. The molecule has 1 aliphatic heterocycles. The second-order valence-electron chi connectivity index (χ2n) is 3.99. The number of alkyl halides is 1. The molecule has 14 heavy (non-hydrogen) atoms. The first-order chi connectivity index (χ1) is 6.83. The van der Waals surface area contributed by atoms with E-state index in [1.54, 1.807) is 0 Å². The number of nitrogens with zero attached hydrogens (tertiary/aromatic N) is 1. The van der Waals surface area contributed by atoms with Crippen LogP contribution in [-0.4, -0.2) is 40.3 Å². The number of rotatable bonds is 4. The summed E-state index contributed by atoms with van der Waals surface area (Å²) in [5.41, 5.74) is 0. The number of carbonyl (C=O) groups is 1. The molecule has 1 saturated carbocycles. The van der Waals surface area contributed by atoms with Crippen molar-refractivity contribution in [2.45, 2.75) is 37.8 Å². The molecule has 2 nitrogen and oxygen atoms in total. The first-order valence-electron chi connectivity index (χ1n) is 5.28. The SMILES string of the molecule is O=C(CCCl)N(C1CC1)C1CCSC1. The smallest absolute Gasteiger partial charge is 0.224 e. The average molecular weight is 234 g/mol. The van der Waals surface area contributed by atoms with Crippen LogP contribution < -0.4 is 0 Å². The van der Waals surface area contributed by atoms with Crippen molar-refractivity contribution in [2.75, 3.05) is 17.4 Å². The lowest BCUT2D eigenvalue weighted by Gasteiger charge is -2.28. The lowest BCUT2D eigenvalue weighted by Crippen LogP contribution is -2.42. The highest BCUT2D eigenvalue weighted by Crippen LogP contribution is 2.34. The molecule has 1 saturated heterocycles. The van der Waals surface area contributed by atoms with Gasteiger partial charge >= 0.3 is 0 Å². The molecule has 1 unspecified atom stereocenters. The topological polar surface area (TPSA) is 20.3 Å². The van der Waals surface area contributed by atoms with Crippen molar-refractivity contribution in [3.05, 3.63) is 0 Å². The van der Waals surface area contributed by atoms with Gasteiger partial charge in [0.25, 0.3) is 0 Å². The van der Waals surface area contributed by atoms with Crippen molar-refractivity contribution < 1.29 is 4.79 Å². The zero-order valence-corrected chi connectivity index (χ0v) is 9.82. The normalized spacial score (nSPS) is 26.5. The van der Waals surface area contributed by atoms with Crippen LogP contribution in [-0.2, 0) is 4.79 Å². The second-order valence-corrected chi connectivity index (χ2v) is 5.52. The Morgan fingerprint density at radius 2 is 2.14 bits per heavy atom. The van der Waals surface area contributed by atoms with E-state index in [9.17, 15) is 4.79 Å². The van der Waals surface area contributed by atoms with Gasteiger partial charge in [-0.2, -0.15) is 11.8 Å². The third-order valence-corrected chi connectivity index (χ3v) is 4.17. The highest BCUT2D eigenvalue weighted by molar-refractivity contribution is 7.99. The number of amides is 1. The maximum absolute atomic E-state index is 11.8. The maximum Gasteiger partial charge on any atom is 0.224 e. The third kappa shape index (κ3) is 2.37. The van der Waals surface area contributed by atoms with Gasteiger partial charge in [0.15, 0.2) is 0 Å². The minimum atomic E-state index is 0.273. The fourth-order valence-corrected chi connectivity index (χ4v) is 3.38. The van der Waals surface area contributed by atoms with Crippen LogP contribution in [0.15, 0.2) is 0 Å². The summed E-state index contributed by atoms with van der Waals surface area (Å²) in [4.78, 5) is 14.0. The van der Waals surface area contributed by atoms with Gasteiger partial charge < -0.3 is 4.90 Å². The number of hydrogen-bond acceptors (Lipinski definition) is 2. The summed E-state index contributed by atoms with van der Waals surface area (Å²) in [6.45, 7) is 0. The fourth-order valence-electron chi connectivity index (χ4n) is 2.01. The molecule has 1 aliphatic carbocycles. The molecular formula is C10H16ClNOS. The van der Waals surface area contributed by atoms with E-state index in [0.717, 1.165) is 5.75 Å². The van der Waals surface area contributed by atoms with Crippen molar-refractivity contribution in [3.63, 3.8) is 0 Å². The molecule has 0 aromatic carbocycles. The Morgan fingerprint density at radius 3 is 2.64 bits per heavy atom. The monoisotopic (exact) mass is 233 g/mol. The lowest BCUT2D eigenvalue weighted by atomic mass is 10.2. The van der Waals surface area contributed by atoms with Crippen molar-refractivity contribution in [1.29, 1.82) is 0 Å². The van der Waals surface area contributed by atoms with Crippen molar-refractivity contribution in [2.24, 2.45) is 0 Å². The standard InChI is InChI=1S/C10H16ClNOS/c11-5-3-10(13)12(8-1-2-8)9-4-6-14-7-9/h8-9H,1-7H2. The van der Waals surface area contributed by atoms with Crippen molar-refractivity contribution >= 4 is 29.3 Å².